The Morgan fingerprint density at radius 1 is 0.812 bits per heavy atom. The fourth-order valence-corrected chi connectivity index (χ4v) is 5.92. The zero-order chi connectivity index (χ0) is 34.5. The fourth-order valence-electron chi connectivity index (χ4n) is 5.92. The lowest BCUT2D eigenvalue weighted by molar-refractivity contribution is -0.137. The van der Waals surface area contributed by atoms with Crippen molar-refractivity contribution in [2.45, 2.75) is 52.8 Å². The van der Waals surface area contributed by atoms with Gasteiger partial charge in [0.25, 0.3) is 17.7 Å². The Bertz CT molecular complexity index is 1960. The van der Waals surface area contributed by atoms with Crippen LogP contribution in [0, 0.1) is 13.8 Å². The number of hydrogen-bond donors (Lipinski definition) is 3. The number of nitrogens with one attached hydrogen (secondary N) is 2. The Morgan fingerprint density at radius 3 is 2.25 bits per heavy atom. The molecule has 8 nitrogen and oxygen atoms in total. The summed E-state index contributed by atoms with van der Waals surface area (Å²) in [7, 11) is 3.11. The standard InChI is InChI=1S/C40H44N4O4/c1-25(2)31-11-9-10-29(20-31)22-41-38(46)32-18-19-36-35(21-32)26(3)27(4)44(36)24-28-14-16-30(17-15-28)33-12-7-8-13-34(33)39(47)42-23-37(45)40(48)43(5)6/h7-21,25,37,45H,22-24H2,1-6H3,(H,41,46)(H,42,47). The van der Waals surface area contributed by atoms with Gasteiger partial charge in [0, 0.05) is 54.9 Å². The molecule has 1 heterocycles. The van der Waals surface area contributed by atoms with Crippen LogP contribution in [0.5, 0.6) is 0 Å². The van der Waals surface area contributed by atoms with Gasteiger partial charge in [0.1, 0.15) is 6.10 Å². The highest BCUT2D eigenvalue weighted by atomic mass is 16.3. The number of hydrogen-bond acceptors (Lipinski definition) is 4. The van der Waals surface area contributed by atoms with Crippen LogP contribution in [0.2, 0.25) is 0 Å². The summed E-state index contributed by atoms with van der Waals surface area (Å²) in [6.45, 7) is 9.46. The largest absolute Gasteiger partial charge is 0.381 e. The molecule has 4 aromatic carbocycles. The van der Waals surface area contributed by atoms with Crippen LogP contribution in [0.3, 0.4) is 0 Å². The molecule has 0 saturated carbocycles. The number of rotatable bonds is 11. The van der Waals surface area contributed by atoms with E-state index >= 15 is 0 Å². The Kier molecular flexibility index (Phi) is 10.4. The number of aliphatic hydroxyl groups is 1. The van der Waals surface area contributed by atoms with Gasteiger partial charge in [-0.15, -0.1) is 0 Å². The van der Waals surface area contributed by atoms with E-state index in [1.807, 2.05) is 54.6 Å². The normalized spacial score (nSPS) is 11.8. The molecule has 0 bridgehead atoms. The minimum atomic E-state index is -1.31. The second-order valence-electron chi connectivity index (χ2n) is 12.8. The summed E-state index contributed by atoms with van der Waals surface area (Å²) in [5.74, 6) is -0.497. The molecule has 0 aliphatic carbocycles. The third-order valence-electron chi connectivity index (χ3n) is 8.93. The van der Waals surface area contributed by atoms with Crippen molar-refractivity contribution >= 4 is 28.6 Å². The summed E-state index contributed by atoms with van der Waals surface area (Å²) < 4.78 is 2.26. The van der Waals surface area contributed by atoms with Crippen LogP contribution in [0.1, 0.15) is 68.4 Å². The van der Waals surface area contributed by atoms with E-state index in [-0.39, 0.29) is 18.4 Å². The molecule has 5 rings (SSSR count). The number of carbonyl (C=O) groups is 3. The Balaban J connectivity index is 1.30. The molecular weight excluding hydrogens is 600 g/mol. The van der Waals surface area contributed by atoms with Gasteiger partial charge in [-0.25, -0.2) is 0 Å². The van der Waals surface area contributed by atoms with Crippen molar-refractivity contribution in [3.63, 3.8) is 0 Å². The first-order chi connectivity index (χ1) is 22.9. The summed E-state index contributed by atoms with van der Waals surface area (Å²) >= 11 is 0. The van der Waals surface area contributed by atoms with E-state index in [0.717, 1.165) is 44.4 Å². The highest BCUT2D eigenvalue weighted by molar-refractivity contribution is 6.01. The molecule has 5 aromatic rings. The Labute approximate surface area is 282 Å². The molecule has 3 N–H and O–H groups in total. The first-order valence-electron chi connectivity index (χ1n) is 16.3. The lowest BCUT2D eigenvalue weighted by atomic mass is 9.98. The lowest BCUT2D eigenvalue weighted by Gasteiger charge is -2.17. The molecule has 0 fully saturated rings. The third-order valence-corrected chi connectivity index (χ3v) is 8.93. The molecule has 0 aliphatic heterocycles. The highest BCUT2D eigenvalue weighted by Crippen LogP contribution is 2.29. The van der Waals surface area contributed by atoms with Crippen LogP contribution in [-0.4, -0.2) is 59.0 Å². The van der Waals surface area contributed by atoms with E-state index in [4.69, 9.17) is 0 Å². The van der Waals surface area contributed by atoms with Gasteiger partial charge >= 0.3 is 0 Å². The van der Waals surface area contributed by atoms with Crippen LogP contribution in [-0.2, 0) is 17.9 Å². The van der Waals surface area contributed by atoms with Crippen molar-refractivity contribution in [3.8, 4) is 11.1 Å². The predicted octanol–water partition coefficient (Wildman–Crippen LogP) is 6.21. The minimum Gasteiger partial charge on any atom is -0.381 e. The number of aryl methyl sites for hydroxylation is 1. The van der Waals surface area contributed by atoms with Gasteiger partial charge in [-0.2, -0.15) is 0 Å². The van der Waals surface area contributed by atoms with Crippen molar-refractivity contribution in [2.24, 2.45) is 0 Å². The number of aromatic nitrogens is 1. The number of carbonyl (C=O) groups excluding carboxylic acids is 3. The predicted molar refractivity (Wildman–Crippen MR) is 191 cm³/mol. The zero-order valence-electron chi connectivity index (χ0n) is 28.5. The lowest BCUT2D eigenvalue weighted by Crippen LogP contribution is -2.42. The molecule has 0 aliphatic rings. The number of aliphatic hydroxyl groups excluding tert-OH is 1. The van der Waals surface area contributed by atoms with E-state index < -0.39 is 12.0 Å². The van der Waals surface area contributed by atoms with Gasteiger partial charge in [0.15, 0.2) is 0 Å². The summed E-state index contributed by atoms with van der Waals surface area (Å²) in [6.07, 6.45) is -1.31. The Hall–Kier alpha value is -5.21. The molecule has 0 radical (unpaired) electrons. The molecule has 1 unspecified atom stereocenters. The van der Waals surface area contributed by atoms with Crippen LogP contribution >= 0.6 is 0 Å². The maximum Gasteiger partial charge on any atom is 0.252 e. The SMILES string of the molecule is Cc1c(C)n(Cc2ccc(-c3ccccc3C(=O)NCC(O)C(=O)N(C)C)cc2)c2ccc(C(=O)NCc3cccc(C(C)C)c3)cc12. The van der Waals surface area contributed by atoms with Gasteiger partial charge < -0.3 is 25.2 Å². The summed E-state index contributed by atoms with van der Waals surface area (Å²) in [5, 5.41) is 16.9. The molecule has 48 heavy (non-hydrogen) atoms. The van der Waals surface area contributed by atoms with E-state index in [2.05, 4.69) is 67.2 Å². The molecule has 0 saturated heterocycles. The summed E-state index contributed by atoms with van der Waals surface area (Å²) in [6, 6.07) is 29.6. The number of amides is 3. The van der Waals surface area contributed by atoms with Crippen molar-refractivity contribution in [2.75, 3.05) is 20.6 Å². The van der Waals surface area contributed by atoms with Crippen LogP contribution < -0.4 is 10.6 Å². The zero-order valence-corrected chi connectivity index (χ0v) is 28.5. The van der Waals surface area contributed by atoms with Gasteiger partial charge in [0.05, 0.1) is 6.54 Å². The average molecular weight is 645 g/mol. The number of fused-ring (bicyclic) bond motifs is 1. The second-order valence-corrected chi connectivity index (χ2v) is 12.8. The monoisotopic (exact) mass is 644 g/mol. The maximum absolute atomic E-state index is 13.1. The average Bonchev–Trinajstić information content (AvgIpc) is 3.33. The van der Waals surface area contributed by atoms with E-state index in [9.17, 15) is 19.5 Å². The Morgan fingerprint density at radius 2 is 1.54 bits per heavy atom. The van der Waals surface area contributed by atoms with Crippen molar-refractivity contribution in [1.29, 1.82) is 0 Å². The highest BCUT2D eigenvalue weighted by Gasteiger charge is 2.20. The molecule has 3 amide bonds. The van der Waals surface area contributed by atoms with Crippen LogP contribution in [0.4, 0.5) is 0 Å². The molecule has 1 atom stereocenters. The second kappa shape index (κ2) is 14.7. The number of nitrogens with zero attached hydrogens (tertiary/aromatic N) is 2. The van der Waals surface area contributed by atoms with Crippen molar-refractivity contribution in [1.82, 2.24) is 20.1 Å². The summed E-state index contributed by atoms with van der Waals surface area (Å²) in [5.41, 5.74) is 9.49. The van der Waals surface area contributed by atoms with Gasteiger partial charge in [-0.05, 0) is 77.4 Å². The van der Waals surface area contributed by atoms with Gasteiger partial charge in [0.2, 0.25) is 0 Å². The topological polar surface area (TPSA) is 104 Å². The smallest absolute Gasteiger partial charge is 0.252 e. The molecule has 0 spiro atoms. The van der Waals surface area contributed by atoms with Crippen molar-refractivity contribution < 1.29 is 19.5 Å². The first kappa shape index (κ1) is 34.1. The molecule has 248 valence electrons. The molecule has 1 aromatic heterocycles. The van der Waals surface area contributed by atoms with Crippen LogP contribution in [0.25, 0.3) is 22.0 Å². The minimum absolute atomic E-state index is 0.0977. The van der Waals surface area contributed by atoms with E-state index in [1.165, 1.54) is 10.5 Å². The first-order valence-corrected chi connectivity index (χ1v) is 16.3. The summed E-state index contributed by atoms with van der Waals surface area (Å²) in [4.78, 5) is 39.4. The maximum atomic E-state index is 13.1. The van der Waals surface area contributed by atoms with E-state index in [0.29, 0.717) is 30.1 Å². The number of likely N-dealkylation sites (N-methyl/N-ethyl adjacent to an activating group) is 1. The van der Waals surface area contributed by atoms with E-state index in [1.54, 1.807) is 26.2 Å². The third kappa shape index (κ3) is 7.50. The van der Waals surface area contributed by atoms with Gasteiger partial charge in [-0.1, -0.05) is 80.6 Å². The quantitative estimate of drug-likeness (QED) is 0.159. The number of benzene rings is 4. The van der Waals surface area contributed by atoms with Gasteiger partial charge in [-0.3, -0.25) is 14.4 Å². The molecular formula is C40H44N4O4. The fraction of sp³-hybridized carbons (Fsp3) is 0.275. The van der Waals surface area contributed by atoms with Crippen molar-refractivity contribution in [3.05, 3.63) is 130 Å². The molecule has 8 heteroatoms. The van der Waals surface area contributed by atoms with Crippen LogP contribution in [0.15, 0.2) is 91.0 Å².